The highest BCUT2D eigenvalue weighted by Gasteiger charge is 2.44. The Hall–Kier alpha value is 0.708. The molecule has 0 radical (unpaired) electrons. The molecule has 0 aromatic carbocycles. The van der Waals surface area contributed by atoms with Gasteiger partial charge in [-0.25, -0.2) is 0 Å². The number of ether oxygens (including phenoxy) is 1. The van der Waals surface area contributed by atoms with Crippen molar-refractivity contribution in [2.45, 2.75) is 90.8 Å². The summed E-state index contributed by atoms with van der Waals surface area (Å²) in [4.78, 5) is 0. The van der Waals surface area contributed by atoms with Crippen LogP contribution in [-0.2, 0) is 17.1 Å². The summed E-state index contributed by atoms with van der Waals surface area (Å²) in [5.41, 5.74) is 0. The van der Waals surface area contributed by atoms with Gasteiger partial charge in [0.1, 0.15) is 0 Å². The van der Waals surface area contributed by atoms with Gasteiger partial charge in [0.2, 0.25) is 0 Å². The zero-order valence-electron chi connectivity index (χ0n) is 17.3. The molecule has 0 aromatic heterocycles. The monoisotopic (exact) mass is 396 g/mol. The fraction of sp³-hybridized carbons (Fsp3) is 1.00. The third-order valence-corrected chi connectivity index (χ3v) is 16.7. The average molecular weight is 397 g/mol. The van der Waals surface area contributed by atoms with Crippen LogP contribution in [0.25, 0.3) is 0 Å². The molecular weight excluding hydrogens is 357 g/mol. The Labute approximate surface area is 149 Å². The Bertz CT molecular complexity index is 352. The van der Waals surface area contributed by atoms with Crippen molar-refractivity contribution in [3.05, 3.63) is 0 Å². The normalized spacial score (nSPS) is 17.9. The molecular formula is C15H40O4Si4. The summed E-state index contributed by atoms with van der Waals surface area (Å²) in [6.07, 6.45) is 2.43. The first kappa shape index (κ1) is 23.7. The Morgan fingerprint density at radius 2 is 1.22 bits per heavy atom. The molecule has 0 saturated heterocycles. The molecule has 8 heteroatoms. The summed E-state index contributed by atoms with van der Waals surface area (Å²) in [5.74, 6) is 0. The maximum atomic E-state index is 6.65. The van der Waals surface area contributed by atoms with Crippen molar-refractivity contribution in [2.75, 3.05) is 7.11 Å². The minimum Gasteiger partial charge on any atom is -0.437 e. The van der Waals surface area contributed by atoms with Crippen LogP contribution in [0, 0.1) is 0 Å². The van der Waals surface area contributed by atoms with E-state index >= 15 is 0 Å². The lowest BCUT2D eigenvalue weighted by atomic mass is 10.2. The first-order valence-electron chi connectivity index (χ1n) is 8.71. The van der Waals surface area contributed by atoms with E-state index in [1.165, 1.54) is 0 Å². The first-order chi connectivity index (χ1) is 10.1. The zero-order valence-corrected chi connectivity index (χ0v) is 21.3. The minimum atomic E-state index is -2.23. The highest BCUT2D eigenvalue weighted by molar-refractivity contribution is 6.89. The van der Waals surface area contributed by atoms with Crippen molar-refractivity contribution in [1.29, 1.82) is 0 Å². The molecule has 0 amide bonds. The lowest BCUT2D eigenvalue weighted by molar-refractivity contribution is 0.110. The summed E-state index contributed by atoms with van der Waals surface area (Å²) in [6, 6.07) is 1.01. The largest absolute Gasteiger partial charge is 0.437 e. The summed E-state index contributed by atoms with van der Waals surface area (Å²) in [7, 11) is -5.90. The van der Waals surface area contributed by atoms with Gasteiger partial charge in [0.15, 0.2) is 16.6 Å². The molecule has 2 atom stereocenters. The molecule has 2 unspecified atom stereocenters. The fourth-order valence-corrected chi connectivity index (χ4v) is 20.9. The van der Waals surface area contributed by atoms with Crippen LogP contribution in [0.5, 0.6) is 0 Å². The molecule has 0 spiro atoms. The Kier molecular flexibility index (Phi) is 9.16. The van der Waals surface area contributed by atoms with Crippen LogP contribution in [0.2, 0.25) is 65.0 Å². The van der Waals surface area contributed by atoms with Crippen LogP contribution < -0.4 is 0 Å². The van der Waals surface area contributed by atoms with Crippen LogP contribution in [0.15, 0.2) is 0 Å². The van der Waals surface area contributed by atoms with E-state index in [-0.39, 0.29) is 0 Å². The molecule has 0 aliphatic rings. The van der Waals surface area contributed by atoms with Crippen LogP contribution in [0.4, 0.5) is 0 Å². The van der Waals surface area contributed by atoms with E-state index in [0.717, 1.165) is 18.9 Å². The number of rotatable bonds is 11. The van der Waals surface area contributed by atoms with Crippen molar-refractivity contribution >= 4 is 33.8 Å². The van der Waals surface area contributed by atoms with Crippen LogP contribution in [0.1, 0.15) is 19.8 Å². The second-order valence-corrected chi connectivity index (χ2v) is 25.5. The highest BCUT2D eigenvalue weighted by atomic mass is 28.5. The Morgan fingerprint density at radius 1 is 0.739 bits per heavy atom. The quantitative estimate of drug-likeness (QED) is 0.444. The molecule has 0 aromatic rings. The van der Waals surface area contributed by atoms with Gasteiger partial charge in [-0.2, -0.15) is 0 Å². The van der Waals surface area contributed by atoms with Gasteiger partial charge < -0.3 is 17.1 Å². The second kappa shape index (κ2) is 8.88. The van der Waals surface area contributed by atoms with E-state index in [9.17, 15) is 0 Å². The topological polar surface area (TPSA) is 36.9 Å². The highest BCUT2D eigenvalue weighted by Crippen LogP contribution is 2.28. The second-order valence-electron chi connectivity index (χ2n) is 9.00. The molecule has 0 N–H and O–H groups in total. The van der Waals surface area contributed by atoms with Gasteiger partial charge in [-0.3, -0.25) is 0 Å². The molecule has 0 saturated carbocycles. The molecule has 4 nitrogen and oxygen atoms in total. The molecule has 0 aliphatic heterocycles. The molecule has 0 fully saturated rings. The lowest BCUT2D eigenvalue weighted by Crippen LogP contribution is -2.56. The van der Waals surface area contributed by atoms with Crippen molar-refractivity contribution in [3.8, 4) is 0 Å². The standard InChI is InChI=1S/C15H40O4Si4/c1-15(16-2)13-12-14-23(11,18-21(6,7)8)19-22(9,10)17-20(3,4)5/h15H,12-14H2,1-11H3. The molecule has 0 bridgehead atoms. The van der Waals surface area contributed by atoms with E-state index in [1.807, 2.05) is 0 Å². The van der Waals surface area contributed by atoms with Crippen molar-refractivity contribution < 1.29 is 17.1 Å². The van der Waals surface area contributed by atoms with Gasteiger partial charge in [-0.1, -0.05) is 0 Å². The first-order valence-corrected chi connectivity index (χ1v) is 20.9. The van der Waals surface area contributed by atoms with Gasteiger partial charge in [-0.05, 0) is 84.7 Å². The molecule has 140 valence electrons. The fourth-order valence-electron chi connectivity index (χ4n) is 2.88. The maximum absolute atomic E-state index is 6.65. The molecule has 0 aliphatic carbocycles. The third kappa shape index (κ3) is 12.7. The van der Waals surface area contributed by atoms with E-state index in [4.69, 9.17) is 17.1 Å². The van der Waals surface area contributed by atoms with Crippen LogP contribution in [-0.4, -0.2) is 47.0 Å². The minimum absolute atomic E-state index is 0.295. The smallest absolute Gasteiger partial charge is 0.315 e. The van der Waals surface area contributed by atoms with Crippen molar-refractivity contribution in [2.24, 2.45) is 0 Å². The maximum Gasteiger partial charge on any atom is 0.315 e. The zero-order chi connectivity index (χ0) is 18.5. The predicted octanol–water partition coefficient (Wildman–Crippen LogP) is 5.29. The number of hydrogen-bond acceptors (Lipinski definition) is 4. The van der Waals surface area contributed by atoms with Crippen molar-refractivity contribution in [1.82, 2.24) is 0 Å². The van der Waals surface area contributed by atoms with Crippen LogP contribution in [0.3, 0.4) is 0 Å². The van der Waals surface area contributed by atoms with Gasteiger partial charge in [0.05, 0.1) is 6.10 Å². The Balaban J connectivity index is 4.98. The van der Waals surface area contributed by atoms with E-state index in [2.05, 4.69) is 65.8 Å². The van der Waals surface area contributed by atoms with Crippen LogP contribution >= 0.6 is 0 Å². The molecule has 0 rings (SSSR count). The summed E-state index contributed by atoms with van der Waals surface area (Å²) >= 11 is 0. The van der Waals surface area contributed by atoms with E-state index in [1.54, 1.807) is 7.11 Å². The summed E-state index contributed by atoms with van der Waals surface area (Å²) in [5, 5.41) is 0. The van der Waals surface area contributed by atoms with Gasteiger partial charge in [0, 0.05) is 7.11 Å². The molecule has 0 heterocycles. The third-order valence-electron chi connectivity index (χ3n) is 3.18. The SMILES string of the molecule is COC(C)CCC[Si](C)(O[Si](C)(C)C)O[Si](C)(C)O[Si](C)(C)C. The lowest BCUT2D eigenvalue weighted by Gasteiger charge is -2.41. The summed E-state index contributed by atoms with van der Waals surface area (Å²) in [6.45, 7) is 22.1. The Morgan fingerprint density at radius 3 is 1.61 bits per heavy atom. The van der Waals surface area contributed by atoms with E-state index in [0.29, 0.717) is 6.10 Å². The van der Waals surface area contributed by atoms with Gasteiger partial charge >= 0.3 is 17.1 Å². The molecule has 23 heavy (non-hydrogen) atoms. The van der Waals surface area contributed by atoms with E-state index < -0.39 is 33.8 Å². The number of methoxy groups -OCH3 is 1. The summed E-state index contributed by atoms with van der Waals surface area (Å²) < 4.78 is 25.0. The van der Waals surface area contributed by atoms with Gasteiger partial charge in [-0.15, -0.1) is 0 Å². The van der Waals surface area contributed by atoms with Gasteiger partial charge in [0.25, 0.3) is 0 Å². The predicted molar refractivity (Wildman–Crippen MR) is 110 cm³/mol. The van der Waals surface area contributed by atoms with Crippen molar-refractivity contribution in [3.63, 3.8) is 0 Å². The number of hydrogen-bond donors (Lipinski definition) is 0. The average Bonchev–Trinajstić information content (AvgIpc) is 2.20.